The molecule has 0 spiro atoms. The molecule has 1 amide bonds. The van der Waals surface area contributed by atoms with E-state index in [9.17, 15) is 18.4 Å². The smallest absolute Gasteiger partial charge is 0.234 e. The van der Waals surface area contributed by atoms with Crippen LogP contribution < -0.4 is 5.32 Å². The first-order chi connectivity index (χ1) is 10.5. The third-order valence-electron chi connectivity index (χ3n) is 2.81. The molecule has 6 heteroatoms. The molecular weight excluding hydrogens is 308 g/mol. The van der Waals surface area contributed by atoms with Crippen molar-refractivity contribution in [3.05, 3.63) is 59.7 Å². The molecule has 1 N–H and O–H groups in total. The number of rotatable bonds is 5. The molecule has 3 nitrogen and oxygen atoms in total. The Balaban J connectivity index is 1.95. The predicted molar refractivity (Wildman–Crippen MR) is 82.2 cm³/mol. The summed E-state index contributed by atoms with van der Waals surface area (Å²) in [5, 5.41) is 2.53. The van der Waals surface area contributed by atoms with Gasteiger partial charge in [0.15, 0.2) is 5.78 Å². The quantitative estimate of drug-likeness (QED) is 0.671. The fourth-order valence-electron chi connectivity index (χ4n) is 1.74. The van der Waals surface area contributed by atoms with Gasteiger partial charge >= 0.3 is 0 Å². The van der Waals surface area contributed by atoms with Crippen LogP contribution in [0.25, 0.3) is 0 Å². The highest BCUT2D eigenvalue weighted by atomic mass is 32.2. The first-order valence-electron chi connectivity index (χ1n) is 6.44. The number of hydrogen-bond donors (Lipinski definition) is 1. The van der Waals surface area contributed by atoms with E-state index < -0.39 is 11.6 Å². The van der Waals surface area contributed by atoms with E-state index in [4.69, 9.17) is 0 Å². The van der Waals surface area contributed by atoms with Gasteiger partial charge in [-0.25, -0.2) is 8.78 Å². The first kappa shape index (κ1) is 16.2. The number of anilines is 1. The molecule has 2 aromatic carbocycles. The van der Waals surface area contributed by atoms with E-state index in [1.165, 1.54) is 37.3 Å². The lowest BCUT2D eigenvalue weighted by Gasteiger charge is -2.06. The van der Waals surface area contributed by atoms with Crippen LogP contribution in [0.1, 0.15) is 17.3 Å². The van der Waals surface area contributed by atoms with E-state index in [0.29, 0.717) is 5.69 Å². The molecule has 0 heterocycles. The van der Waals surface area contributed by atoms with Crippen molar-refractivity contribution in [1.29, 1.82) is 0 Å². The topological polar surface area (TPSA) is 46.2 Å². The average Bonchev–Trinajstić information content (AvgIpc) is 2.45. The van der Waals surface area contributed by atoms with Gasteiger partial charge in [0.25, 0.3) is 0 Å². The lowest BCUT2D eigenvalue weighted by molar-refractivity contribution is -0.113. The number of carbonyl (C=O) groups is 2. The predicted octanol–water partition coefficient (Wildman–Crippen LogP) is 3.90. The second-order valence-corrected chi connectivity index (χ2v) is 5.57. The standard InChI is InChI=1S/C16H13F2NO2S/c1-10(20)11-5-6-15(14(18)7-11)22-9-16(21)19-13-4-2-3-12(17)8-13/h2-8H,9H2,1H3,(H,19,21). The minimum absolute atomic E-state index is 0.0210. The van der Waals surface area contributed by atoms with Crippen LogP contribution in [0.15, 0.2) is 47.4 Å². The van der Waals surface area contributed by atoms with E-state index in [0.717, 1.165) is 17.8 Å². The van der Waals surface area contributed by atoms with Crippen LogP contribution in [-0.4, -0.2) is 17.4 Å². The number of amides is 1. The number of halogens is 2. The lowest BCUT2D eigenvalue weighted by Crippen LogP contribution is -2.14. The zero-order valence-electron chi connectivity index (χ0n) is 11.7. The molecule has 2 rings (SSSR count). The van der Waals surface area contributed by atoms with Crippen LogP contribution in [0.3, 0.4) is 0 Å². The number of Topliss-reactive ketones (excluding diaryl/α,β-unsaturated/α-hetero) is 1. The summed E-state index contributed by atoms with van der Waals surface area (Å²) in [5.74, 6) is -1.61. The Morgan fingerprint density at radius 3 is 2.55 bits per heavy atom. The number of benzene rings is 2. The van der Waals surface area contributed by atoms with Gasteiger partial charge in [-0.3, -0.25) is 9.59 Å². The molecule has 0 atom stereocenters. The summed E-state index contributed by atoms with van der Waals surface area (Å²) in [6.07, 6.45) is 0. The Hall–Kier alpha value is -2.21. The highest BCUT2D eigenvalue weighted by Crippen LogP contribution is 2.23. The fourth-order valence-corrected chi connectivity index (χ4v) is 2.46. The maximum absolute atomic E-state index is 13.8. The van der Waals surface area contributed by atoms with Crippen LogP contribution in [0, 0.1) is 11.6 Å². The van der Waals surface area contributed by atoms with Crippen LogP contribution in [-0.2, 0) is 4.79 Å². The van der Waals surface area contributed by atoms with Crippen molar-refractivity contribution in [1.82, 2.24) is 0 Å². The van der Waals surface area contributed by atoms with Crippen molar-refractivity contribution in [3.8, 4) is 0 Å². The zero-order valence-corrected chi connectivity index (χ0v) is 12.5. The van der Waals surface area contributed by atoms with Gasteiger partial charge < -0.3 is 5.32 Å². The molecular formula is C16H13F2NO2S. The normalized spacial score (nSPS) is 10.3. The van der Waals surface area contributed by atoms with Gasteiger partial charge in [0.05, 0.1) is 5.75 Å². The van der Waals surface area contributed by atoms with Gasteiger partial charge in [0.1, 0.15) is 11.6 Å². The van der Waals surface area contributed by atoms with Crippen LogP contribution in [0.5, 0.6) is 0 Å². The third-order valence-corrected chi connectivity index (χ3v) is 3.85. The molecule has 0 unspecified atom stereocenters. The van der Waals surface area contributed by atoms with Crippen LogP contribution >= 0.6 is 11.8 Å². The summed E-state index contributed by atoms with van der Waals surface area (Å²) >= 11 is 1.01. The first-order valence-corrected chi connectivity index (χ1v) is 7.43. The van der Waals surface area contributed by atoms with Crippen LogP contribution in [0.2, 0.25) is 0 Å². The maximum Gasteiger partial charge on any atom is 0.234 e. The summed E-state index contributed by atoms with van der Waals surface area (Å²) in [5.41, 5.74) is 0.629. The highest BCUT2D eigenvalue weighted by molar-refractivity contribution is 8.00. The Bertz CT molecular complexity index is 719. The molecule has 0 bridgehead atoms. The van der Waals surface area contributed by atoms with E-state index >= 15 is 0 Å². The van der Waals surface area contributed by atoms with Crippen molar-refractivity contribution >= 4 is 29.1 Å². The second kappa shape index (κ2) is 7.17. The summed E-state index contributed by atoms with van der Waals surface area (Å²) in [6.45, 7) is 1.36. The van der Waals surface area contributed by atoms with E-state index in [1.54, 1.807) is 6.07 Å². The Kier molecular flexibility index (Phi) is 5.27. The van der Waals surface area contributed by atoms with Gasteiger partial charge in [0, 0.05) is 16.1 Å². The number of thioether (sulfide) groups is 1. The van der Waals surface area contributed by atoms with Crippen molar-refractivity contribution in [2.24, 2.45) is 0 Å². The van der Waals surface area contributed by atoms with Crippen molar-refractivity contribution < 1.29 is 18.4 Å². The molecule has 114 valence electrons. The van der Waals surface area contributed by atoms with Crippen molar-refractivity contribution in [2.75, 3.05) is 11.1 Å². The fraction of sp³-hybridized carbons (Fsp3) is 0.125. The number of ketones is 1. The summed E-state index contributed by atoms with van der Waals surface area (Å²) in [4.78, 5) is 23.2. The molecule has 0 aromatic heterocycles. The lowest BCUT2D eigenvalue weighted by atomic mass is 10.1. The second-order valence-electron chi connectivity index (χ2n) is 4.55. The zero-order chi connectivity index (χ0) is 16.1. The van der Waals surface area contributed by atoms with E-state index in [1.807, 2.05) is 0 Å². The summed E-state index contributed by atoms with van der Waals surface area (Å²) in [6, 6.07) is 9.65. The monoisotopic (exact) mass is 321 g/mol. The number of hydrogen-bond acceptors (Lipinski definition) is 3. The summed E-state index contributed by atoms with van der Waals surface area (Å²) < 4.78 is 26.8. The Labute approximate surface area is 130 Å². The highest BCUT2D eigenvalue weighted by Gasteiger charge is 2.10. The van der Waals surface area contributed by atoms with E-state index in [-0.39, 0.29) is 27.9 Å². The molecule has 2 aromatic rings. The van der Waals surface area contributed by atoms with Crippen molar-refractivity contribution in [3.63, 3.8) is 0 Å². The molecule has 22 heavy (non-hydrogen) atoms. The maximum atomic E-state index is 13.8. The molecule has 0 aliphatic carbocycles. The minimum atomic E-state index is -0.545. The molecule has 0 aliphatic heterocycles. The minimum Gasteiger partial charge on any atom is -0.325 e. The average molecular weight is 321 g/mol. The summed E-state index contributed by atoms with van der Waals surface area (Å²) in [7, 11) is 0. The van der Waals surface area contributed by atoms with Gasteiger partial charge in [-0.15, -0.1) is 11.8 Å². The third kappa shape index (κ3) is 4.39. The number of nitrogens with one attached hydrogen (secondary N) is 1. The van der Waals surface area contributed by atoms with Gasteiger partial charge in [-0.1, -0.05) is 12.1 Å². The molecule has 0 saturated carbocycles. The Morgan fingerprint density at radius 1 is 1.14 bits per heavy atom. The van der Waals surface area contributed by atoms with E-state index in [2.05, 4.69) is 5.32 Å². The molecule has 0 aliphatic rings. The Morgan fingerprint density at radius 2 is 1.91 bits per heavy atom. The van der Waals surface area contributed by atoms with Crippen LogP contribution in [0.4, 0.5) is 14.5 Å². The molecule has 0 saturated heterocycles. The molecule has 0 fully saturated rings. The van der Waals surface area contributed by atoms with Crippen molar-refractivity contribution in [2.45, 2.75) is 11.8 Å². The van der Waals surface area contributed by atoms with Gasteiger partial charge in [0.2, 0.25) is 5.91 Å². The number of carbonyl (C=O) groups excluding carboxylic acids is 2. The molecule has 0 radical (unpaired) electrons. The largest absolute Gasteiger partial charge is 0.325 e. The SMILES string of the molecule is CC(=O)c1ccc(SCC(=O)Nc2cccc(F)c2)c(F)c1. The van der Waals surface area contributed by atoms with Gasteiger partial charge in [-0.2, -0.15) is 0 Å². The van der Waals surface area contributed by atoms with Gasteiger partial charge in [-0.05, 0) is 37.3 Å².